The number of aliphatic hydroxyl groups excluding tert-OH is 4. The Kier molecular flexibility index (Phi) is 28.8. The molecular formula is C96H102N10O31S3. The van der Waals surface area contributed by atoms with Crippen LogP contribution in [0.3, 0.4) is 0 Å². The Morgan fingerprint density at radius 3 is 1.80 bits per heavy atom. The average Bonchev–Trinajstić information content (AvgIpc) is 1.59. The minimum atomic E-state index is -5.25. The van der Waals surface area contributed by atoms with Crippen molar-refractivity contribution in [1.29, 1.82) is 0 Å². The number of Topliss-reactive ketones (excluding diaryl/α,β-unsaturated/α-hetero) is 1. The van der Waals surface area contributed by atoms with Crippen molar-refractivity contribution in [3.63, 3.8) is 0 Å². The second-order valence-corrected chi connectivity index (χ2v) is 39.4. The summed E-state index contributed by atoms with van der Waals surface area (Å²) in [6, 6.07) is 24.6. The molecule has 4 amide bonds. The van der Waals surface area contributed by atoms with Crippen LogP contribution in [-0.4, -0.2) is 220 Å². The Labute approximate surface area is 801 Å². The van der Waals surface area contributed by atoms with Crippen LogP contribution in [0.25, 0.3) is 44.6 Å². The summed E-state index contributed by atoms with van der Waals surface area (Å²) in [6.45, 7) is 7.56. The number of carbonyl (C=O) groups excluding carboxylic acids is 6. The highest BCUT2D eigenvalue weighted by atomic mass is 32.3. The van der Waals surface area contributed by atoms with Gasteiger partial charge in [-0.25, -0.2) is 19.4 Å². The van der Waals surface area contributed by atoms with Crippen LogP contribution in [0.2, 0.25) is 0 Å². The minimum absolute atomic E-state index is 0.00735. The summed E-state index contributed by atoms with van der Waals surface area (Å²) < 4.78 is 153. The molecule has 41 nitrogen and oxygen atoms in total. The highest BCUT2D eigenvalue weighted by Gasteiger charge is 2.49. The molecule has 10 heterocycles. The molecule has 0 spiro atoms. The molecule has 5 aromatic carbocycles. The van der Waals surface area contributed by atoms with Gasteiger partial charge in [0.15, 0.2) is 22.9 Å². The largest absolute Gasteiger partial charge is 0.501 e. The lowest BCUT2D eigenvalue weighted by Gasteiger charge is -2.39. The van der Waals surface area contributed by atoms with Crippen LogP contribution >= 0.6 is 0 Å². The Morgan fingerprint density at radius 2 is 1.16 bits per heavy atom. The molecule has 5 aromatic heterocycles. The zero-order valence-electron chi connectivity index (χ0n) is 76.4. The predicted octanol–water partition coefficient (Wildman–Crippen LogP) is 4.75. The van der Waals surface area contributed by atoms with Gasteiger partial charge in [-0.3, -0.25) is 38.5 Å². The first-order valence-electron chi connectivity index (χ1n) is 45.8. The number of fused-ring (bicyclic) bond motifs is 10. The molecule has 140 heavy (non-hydrogen) atoms. The number of nitrogens with one attached hydrogen (secondary N) is 2. The lowest BCUT2D eigenvalue weighted by atomic mass is 9.77. The third-order valence-corrected chi connectivity index (χ3v) is 29.2. The van der Waals surface area contributed by atoms with E-state index in [4.69, 9.17) is 59.9 Å². The first-order valence-corrected chi connectivity index (χ1v) is 50.3. The zero-order valence-corrected chi connectivity index (χ0v) is 78.9. The standard InChI is InChI=1S/C96H102N10O31S3/c1-5-63-66-39-61(19-22-73(66)99-84-68(63)45-104-75(84)41-71-65(91(104)116)21-26-81(108)95(71,119)7-3)134-138(121,122)51-55-13-24-77(58(37-55)52-139(123,124)135-62-20-23-74-67(40-62)64(6-2)69-46-105-76(85(69)100-74)42-72-70(92(105)117)50-131-94(118)96(72,120)8-4)130-48-54-11-17-60(18-12-54)136-140(125,126)137-79-38-57(16-25-78(79)132-93-88(113)87(112)86(111)80(47-107)133-93)90(115)98-29-32-127-34-31-103-44-59(101-102-103)49-129-36-35-128-33-30-97-89(114)56-14-9-53(10-15-56)43-106-82(109)27-28-83(106)110/h11-13,16-20,22-25,27-28,37-42,44,53,56,80,86-88,93,107,111-113,119-120H,5-10,14-15,21,26,29-36,43,45-52H2,1-4H3,(H,97,114)(H,98,115)/t53?,56?,80-,86+,87+,88-,93?,95+,96+/m0/s1. The molecule has 740 valence electrons. The van der Waals surface area contributed by atoms with E-state index in [1.165, 1.54) is 105 Å². The summed E-state index contributed by atoms with van der Waals surface area (Å²) in [5, 5.41) is 79.9. The number of hydrogen-bond acceptors (Lipinski definition) is 35. The minimum Gasteiger partial charge on any atom is -0.489 e. The van der Waals surface area contributed by atoms with E-state index in [1.54, 1.807) is 42.8 Å². The SMILES string of the molecule is CCc1c2c(nc3ccc(OS(=O)(=O)Cc4ccc(OCc5ccc(OS(=O)(=O)Oc6cc(C(=O)NCCOCCn7cc(COCCOCCNC(=O)C8CCC(CN9C(=O)C=CC9=O)CC8)nn7)ccc6OC6O[C@@H](CO)[C@@H](O)[C@@H](O)[C@@H]6O)cc5)c(CS(=O)(=O)Oc5ccc6nc7c(c(CC)c6c5)Cn5c-7cc6c(c5=O)COC(=O)[C@@]6(O)CC)c4)cc13)-c1cc3c(c(=O)n1C2)CCC(=O)[C@@]3(O)CC. The summed E-state index contributed by atoms with van der Waals surface area (Å²) in [5.41, 5.74) is 1.97. The van der Waals surface area contributed by atoms with E-state index in [2.05, 4.69) is 20.9 Å². The molecule has 10 aromatic rings. The summed E-state index contributed by atoms with van der Waals surface area (Å²) >= 11 is 0. The summed E-state index contributed by atoms with van der Waals surface area (Å²) in [4.78, 5) is 116. The van der Waals surface area contributed by atoms with Crippen molar-refractivity contribution in [2.24, 2.45) is 11.8 Å². The molecule has 1 saturated carbocycles. The normalized spacial score (nSPS) is 20.9. The second kappa shape index (κ2) is 40.8. The molecule has 0 radical (unpaired) electrons. The summed E-state index contributed by atoms with van der Waals surface area (Å²) in [7, 11) is -14.6. The number of benzene rings is 5. The molecule has 2 fully saturated rings. The Hall–Kier alpha value is -12.8. The van der Waals surface area contributed by atoms with E-state index in [9.17, 15) is 94.2 Å². The molecule has 0 bridgehead atoms. The predicted molar refractivity (Wildman–Crippen MR) is 494 cm³/mol. The topological polar surface area (TPSA) is 556 Å². The second-order valence-electron chi connectivity index (χ2n) is 35.1. The van der Waals surface area contributed by atoms with E-state index in [-0.39, 0.29) is 202 Å². The molecule has 8 N–H and O–H groups in total. The van der Waals surface area contributed by atoms with E-state index in [0.29, 0.717) is 117 Å². The third kappa shape index (κ3) is 20.6. The van der Waals surface area contributed by atoms with Crippen molar-refractivity contribution >= 4 is 87.8 Å². The molecule has 44 heteroatoms. The highest BCUT2D eigenvalue weighted by Crippen LogP contribution is 2.46. The lowest BCUT2D eigenvalue weighted by molar-refractivity contribution is -0.277. The molecule has 2 aliphatic carbocycles. The van der Waals surface area contributed by atoms with Crippen LogP contribution in [0.15, 0.2) is 137 Å². The number of rotatable bonds is 40. The smallest absolute Gasteiger partial charge is 0.489 e. The number of ketones is 1. The Balaban J connectivity index is 0.545. The number of esters is 1. The number of cyclic esters (lactones) is 1. The van der Waals surface area contributed by atoms with Crippen molar-refractivity contribution < 1.29 is 135 Å². The molecule has 5 aliphatic heterocycles. The van der Waals surface area contributed by atoms with E-state index in [1.807, 2.05) is 13.8 Å². The van der Waals surface area contributed by atoms with Gasteiger partial charge in [-0.2, -0.15) is 16.8 Å². The molecule has 1 saturated heterocycles. The van der Waals surface area contributed by atoms with Gasteiger partial charge in [0.1, 0.15) is 83.4 Å². The van der Waals surface area contributed by atoms with Gasteiger partial charge in [-0.1, -0.05) is 51.1 Å². The number of aromatic nitrogens is 7. The van der Waals surface area contributed by atoms with Gasteiger partial charge < -0.3 is 100 Å². The van der Waals surface area contributed by atoms with Gasteiger partial charge in [0.05, 0.1) is 111 Å². The molecule has 1 unspecified atom stereocenters. The van der Waals surface area contributed by atoms with Crippen LogP contribution in [0.4, 0.5) is 0 Å². The molecule has 7 aliphatic rings. The number of nitrogens with zero attached hydrogens (tertiary/aromatic N) is 8. The number of hydrogen-bond donors (Lipinski definition) is 8. The number of ether oxygens (including phenoxy) is 7. The first kappa shape index (κ1) is 98.8. The van der Waals surface area contributed by atoms with E-state index < -0.39 is 120 Å². The van der Waals surface area contributed by atoms with Crippen molar-refractivity contribution in [1.82, 2.24) is 49.6 Å². The lowest BCUT2D eigenvalue weighted by Crippen LogP contribution is -2.60. The molecule has 17 rings (SSSR count). The van der Waals surface area contributed by atoms with Crippen LogP contribution in [0.5, 0.6) is 34.5 Å². The number of imide groups is 1. The fourth-order valence-electron chi connectivity index (χ4n) is 18.8. The maximum Gasteiger partial charge on any atom is 0.501 e. The molecular weight excluding hydrogens is 1890 g/mol. The number of amides is 4. The number of aliphatic hydroxyl groups is 6. The third-order valence-electron chi connectivity index (χ3n) is 26.2. The molecule has 7 atom stereocenters. The van der Waals surface area contributed by atoms with E-state index >= 15 is 0 Å². The number of aryl methyl sites for hydroxylation is 2. The van der Waals surface area contributed by atoms with Crippen LogP contribution in [-0.2, 0) is 160 Å². The Bertz CT molecular complexity index is 7080. The van der Waals surface area contributed by atoms with Gasteiger partial charge in [0.25, 0.3) is 28.8 Å². The zero-order chi connectivity index (χ0) is 99.0. The van der Waals surface area contributed by atoms with E-state index in [0.717, 1.165) is 30.5 Å². The number of pyridine rings is 4. The maximum atomic E-state index is 14.7. The van der Waals surface area contributed by atoms with Gasteiger partial charge in [-0.05, 0) is 177 Å². The van der Waals surface area contributed by atoms with Gasteiger partial charge in [0.2, 0.25) is 12.2 Å². The monoisotopic (exact) mass is 1990 g/mol. The highest BCUT2D eigenvalue weighted by molar-refractivity contribution is 7.86. The summed E-state index contributed by atoms with van der Waals surface area (Å²) in [5.74, 6) is -6.36. The van der Waals surface area contributed by atoms with Crippen molar-refractivity contribution in [2.75, 3.05) is 59.3 Å². The van der Waals surface area contributed by atoms with Crippen molar-refractivity contribution in [3.8, 4) is 57.3 Å². The van der Waals surface area contributed by atoms with Gasteiger partial charge in [0, 0.05) is 93.8 Å². The Morgan fingerprint density at radius 1 is 0.571 bits per heavy atom. The maximum absolute atomic E-state index is 14.7. The summed E-state index contributed by atoms with van der Waals surface area (Å²) in [6.07, 6.45) is -1.09. The average molecular weight is 1990 g/mol. The fourth-order valence-corrected chi connectivity index (χ4v) is 21.7. The van der Waals surface area contributed by atoms with Gasteiger partial charge in [-0.15, -0.1) is 13.5 Å². The van der Waals surface area contributed by atoms with Crippen molar-refractivity contribution in [2.45, 2.75) is 185 Å². The number of carbonyl (C=O) groups is 6. The van der Waals surface area contributed by atoms with Crippen molar-refractivity contribution in [3.05, 3.63) is 221 Å². The quantitative estimate of drug-likeness (QED) is 0.0111. The van der Waals surface area contributed by atoms with Crippen LogP contribution in [0, 0.1) is 11.8 Å². The van der Waals surface area contributed by atoms with Crippen LogP contribution in [0.1, 0.15) is 150 Å². The van der Waals surface area contributed by atoms with Gasteiger partial charge >= 0.3 is 36.6 Å². The first-order chi connectivity index (χ1) is 67.1. The van der Waals surface area contributed by atoms with Crippen LogP contribution < -0.4 is 48.0 Å². The fraction of sp³-hybridized carbons (Fsp3) is 0.417.